The summed E-state index contributed by atoms with van der Waals surface area (Å²) in [6.07, 6.45) is 7.02. The quantitative estimate of drug-likeness (QED) is 0.827. The smallest absolute Gasteiger partial charge is 0.174 e. The van der Waals surface area contributed by atoms with E-state index >= 15 is 0 Å². The molecule has 0 spiro atoms. The monoisotopic (exact) mass is 234 g/mol. The molecule has 0 bridgehead atoms. The van der Waals surface area contributed by atoms with Gasteiger partial charge in [-0.25, -0.2) is 4.68 Å². The number of hydrogen-bond acceptors (Lipinski definition) is 3. The van der Waals surface area contributed by atoms with Crippen LogP contribution in [0.5, 0.6) is 0 Å². The number of rotatable bonds is 4. The largest absolute Gasteiger partial charge is 0.378 e. The fourth-order valence-corrected chi connectivity index (χ4v) is 1.47. The molecular weight excluding hydrogens is 224 g/mol. The number of halogens is 1. The second-order valence-electron chi connectivity index (χ2n) is 3.16. The van der Waals surface area contributed by atoms with Crippen molar-refractivity contribution < 1.29 is 0 Å². The summed E-state index contributed by atoms with van der Waals surface area (Å²) in [4.78, 5) is 4.02. The molecule has 2 aromatic heterocycles. The number of anilines is 1. The highest BCUT2D eigenvalue weighted by atomic mass is 35.5. The summed E-state index contributed by atoms with van der Waals surface area (Å²) in [6, 6.07) is 3.76. The molecule has 0 aliphatic rings. The van der Waals surface area contributed by atoms with Crippen molar-refractivity contribution in [2.75, 3.05) is 11.9 Å². The lowest BCUT2D eigenvalue weighted by Gasteiger charge is -1.99. The van der Waals surface area contributed by atoms with Crippen LogP contribution in [0, 0.1) is 0 Å². The zero-order chi connectivity index (χ0) is 11.4. The summed E-state index contributed by atoms with van der Waals surface area (Å²) in [5, 5.41) is 7.71. The van der Waals surface area contributed by atoms with Gasteiger partial charge in [0.1, 0.15) is 0 Å². The molecule has 0 saturated carbocycles. The highest BCUT2D eigenvalue weighted by molar-refractivity contribution is 6.32. The Labute approximate surface area is 98.6 Å². The van der Waals surface area contributed by atoms with Crippen LogP contribution in [0.2, 0.25) is 5.15 Å². The molecule has 0 amide bonds. The molecule has 2 rings (SSSR count). The van der Waals surface area contributed by atoms with Crippen LogP contribution >= 0.6 is 11.6 Å². The molecule has 4 nitrogen and oxygen atoms in total. The van der Waals surface area contributed by atoms with E-state index in [0.717, 1.165) is 11.4 Å². The summed E-state index contributed by atoms with van der Waals surface area (Å²) in [5.74, 6) is 0. The van der Waals surface area contributed by atoms with Crippen molar-refractivity contribution in [3.8, 4) is 5.69 Å². The molecule has 0 saturated heterocycles. The fraction of sp³-hybridized carbons (Fsp3) is 0.0909. The van der Waals surface area contributed by atoms with Gasteiger partial charge in [0.15, 0.2) is 5.15 Å². The Balaban J connectivity index is 2.27. The van der Waals surface area contributed by atoms with Crippen LogP contribution in [-0.4, -0.2) is 21.3 Å². The summed E-state index contributed by atoms with van der Waals surface area (Å²) in [5.41, 5.74) is 1.65. The molecule has 2 heterocycles. The molecule has 0 aromatic carbocycles. The van der Waals surface area contributed by atoms with Crippen molar-refractivity contribution in [2.24, 2.45) is 0 Å². The molecule has 0 atom stereocenters. The molecule has 0 unspecified atom stereocenters. The molecule has 1 N–H and O–H groups in total. The van der Waals surface area contributed by atoms with E-state index in [9.17, 15) is 0 Å². The van der Waals surface area contributed by atoms with Crippen molar-refractivity contribution in [1.29, 1.82) is 0 Å². The molecule has 0 radical (unpaired) electrons. The minimum absolute atomic E-state index is 0.436. The first kappa shape index (κ1) is 10.7. The van der Waals surface area contributed by atoms with Crippen molar-refractivity contribution in [1.82, 2.24) is 14.8 Å². The van der Waals surface area contributed by atoms with Gasteiger partial charge in [-0.2, -0.15) is 5.10 Å². The Bertz CT molecular complexity index is 478. The summed E-state index contributed by atoms with van der Waals surface area (Å²) in [6.45, 7) is 4.28. The standard InChI is InChI=1S/C11H11ClN4/c1-2-5-14-10-8-16(15-11(10)12)9-4-3-6-13-7-9/h2-4,6-8,14H,1,5H2. The first-order valence-electron chi connectivity index (χ1n) is 4.81. The normalized spacial score (nSPS) is 10.1. The van der Waals surface area contributed by atoms with Gasteiger partial charge in [0, 0.05) is 12.7 Å². The molecule has 5 heteroatoms. The van der Waals surface area contributed by atoms with E-state index in [1.165, 1.54) is 0 Å². The highest BCUT2D eigenvalue weighted by Crippen LogP contribution is 2.21. The molecule has 82 valence electrons. The van der Waals surface area contributed by atoms with Gasteiger partial charge >= 0.3 is 0 Å². The van der Waals surface area contributed by atoms with Crippen LogP contribution < -0.4 is 5.32 Å². The number of nitrogens with one attached hydrogen (secondary N) is 1. The van der Waals surface area contributed by atoms with Crippen molar-refractivity contribution in [3.63, 3.8) is 0 Å². The van der Waals surface area contributed by atoms with Crippen molar-refractivity contribution >= 4 is 17.3 Å². The van der Waals surface area contributed by atoms with E-state index in [1.807, 2.05) is 18.3 Å². The predicted molar refractivity (Wildman–Crippen MR) is 65.1 cm³/mol. The number of aromatic nitrogens is 3. The number of pyridine rings is 1. The Morgan fingerprint density at radius 1 is 1.56 bits per heavy atom. The lowest BCUT2D eigenvalue weighted by molar-refractivity contribution is 0.874. The Morgan fingerprint density at radius 3 is 3.12 bits per heavy atom. The summed E-state index contributed by atoms with van der Waals surface area (Å²) >= 11 is 5.98. The van der Waals surface area contributed by atoms with Crippen LogP contribution in [0.3, 0.4) is 0 Å². The average molecular weight is 235 g/mol. The lowest BCUT2D eigenvalue weighted by Crippen LogP contribution is -1.97. The van der Waals surface area contributed by atoms with Gasteiger partial charge < -0.3 is 5.32 Å². The van der Waals surface area contributed by atoms with Crippen LogP contribution in [-0.2, 0) is 0 Å². The summed E-state index contributed by atoms with van der Waals surface area (Å²) in [7, 11) is 0. The van der Waals surface area contributed by atoms with Gasteiger partial charge in [0.25, 0.3) is 0 Å². The number of nitrogens with zero attached hydrogens (tertiary/aromatic N) is 3. The molecular formula is C11H11ClN4. The zero-order valence-electron chi connectivity index (χ0n) is 8.60. The third-order valence-corrected chi connectivity index (χ3v) is 2.30. The lowest BCUT2D eigenvalue weighted by atomic mass is 10.4. The van der Waals surface area contributed by atoms with Crippen LogP contribution in [0.25, 0.3) is 5.69 Å². The van der Waals surface area contributed by atoms with Crippen LogP contribution in [0.4, 0.5) is 5.69 Å². The fourth-order valence-electron chi connectivity index (χ4n) is 1.28. The zero-order valence-corrected chi connectivity index (χ0v) is 9.35. The maximum atomic E-state index is 5.98. The minimum Gasteiger partial charge on any atom is -0.378 e. The van der Waals surface area contributed by atoms with Gasteiger partial charge in [0.05, 0.1) is 23.8 Å². The van der Waals surface area contributed by atoms with Gasteiger partial charge in [-0.1, -0.05) is 17.7 Å². The van der Waals surface area contributed by atoms with Gasteiger partial charge in [-0.3, -0.25) is 4.98 Å². The number of hydrogen-bond donors (Lipinski definition) is 1. The molecule has 0 aliphatic carbocycles. The molecule has 0 fully saturated rings. The van der Waals surface area contributed by atoms with Gasteiger partial charge in [-0.15, -0.1) is 6.58 Å². The maximum absolute atomic E-state index is 5.98. The van der Waals surface area contributed by atoms with E-state index < -0.39 is 0 Å². The minimum atomic E-state index is 0.436. The Hall–Kier alpha value is -1.81. The summed E-state index contributed by atoms with van der Waals surface area (Å²) < 4.78 is 1.68. The van der Waals surface area contributed by atoms with Crippen LogP contribution in [0.15, 0.2) is 43.4 Å². The first-order chi connectivity index (χ1) is 7.81. The van der Waals surface area contributed by atoms with Gasteiger partial charge in [-0.05, 0) is 12.1 Å². The second kappa shape index (κ2) is 4.81. The Kier molecular flexibility index (Phi) is 3.22. The van der Waals surface area contributed by atoms with E-state index in [-0.39, 0.29) is 0 Å². The average Bonchev–Trinajstić information content (AvgIpc) is 2.69. The third-order valence-electron chi connectivity index (χ3n) is 2.02. The first-order valence-corrected chi connectivity index (χ1v) is 5.19. The Morgan fingerprint density at radius 2 is 2.44 bits per heavy atom. The molecule has 16 heavy (non-hydrogen) atoms. The van der Waals surface area contributed by atoms with E-state index in [4.69, 9.17) is 11.6 Å². The van der Waals surface area contributed by atoms with E-state index in [0.29, 0.717) is 11.7 Å². The molecule has 0 aliphatic heterocycles. The predicted octanol–water partition coefficient (Wildman–Crippen LogP) is 2.52. The van der Waals surface area contributed by atoms with Crippen LogP contribution in [0.1, 0.15) is 0 Å². The van der Waals surface area contributed by atoms with Crippen molar-refractivity contribution in [3.05, 3.63) is 48.5 Å². The SMILES string of the molecule is C=CCNc1cn(-c2cccnc2)nc1Cl. The highest BCUT2D eigenvalue weighted by Gasteiger charge is 2.06. The van der Waals surface area contributed by atoms with Crippen molar-refractivity contribution in [2.45, 2.75) is 0 Å². The maximum Gasteiger partial charge on any atom is 0.174 e. The van der Waals surface area contributed by atoms with Gasteiger partial charge in [0.2, 0.25) is 0 Å². The topological polar surface area (TPSA) is 42.7 Å². The molecule has 2 aromatic rings. The van der Waals surface area contributed by atoms with E-state index in [1.54, 1.807) is 23.2 Å². The third kappa shape index (κ3) is 2.23. The van der Waals surface area contributed by atoms with E-state index in [2.05, 4.69) is 22.0 Å². The second-order valence-corrected chi connectivity index (χ2v) is 3.52.